The van der Waals surface area contributed by atoms with Crippen molar-refractivity contribution in [2.45, 2.75) is 43.6 Å². The van der Waals surface area contributed by atoms with E-state index in [9.17, 15) is 4.79 Å². The van der Waals surface area contributed by atoms with Crippen molar-refractivity contribution in [1.29, 1.82) is 0 Å². The molecule has 0 saturated carbocycles. The van der Waals surface area contributed by atoms with Crippen molar-refractivity contribution in [2.24, 2.45) is 0 Å². The average molecular weight is 382 g/mol. The minimum absolute atomic E-state index is 0.0878. The Kier molecular flexibility index (Phi) is 6.29. The molecule has 27 heavy (non-hydrogen) atoms. The number of hydrogen-bond donors (Lipinski definition) is 1. The van der Waals surface area contributed by atoms with Gasteiger partial charge in [0.25, 0.3) is 5.22 Å². The molecular formula is C21H23N3O2S. The molecule has 3 aromatic rings. The molecule has 1 N–H and O–H groups in total. The van der Waals surface area contributed by atoms with Crippen LogP contribution in [0.1, 0.15) is 38.7 Å². The third-order valence-electron chi connectivity index (χ3n) is 4.44. The van der Waals surface area contributed by atoms with Crippen LogP contribution in [0.3, 0.4) is 0 Å². The standard InChI is InChI=1S/C21H23N3O2S/c1-4-14(2)17-12-8-9-13-18(17)22-19(25)15(3)27-21-24-23-20(26-21)16-10-6-5-7-11-16/h5-15H,4H2,1-3H3,(H,22,25)/t14-,15-/m1/s1. The Morgan fingerprint density at radius 2 is 1.78 bits per heavy atom. The van der Waals surface area contributed by atoms with E-state index in [4.69, 9.17) is 4.42 Å². The Bertz CT molecular complexity index is 895. The first-order valence-corrected chi connectivity index (χ1v) is 9.91. The largest absolute Gasteiger partial charge is 0.411 e. The molecule has 0 unspecified atom stereocenters. The summed E-state index contributed by atoms with van der Waals surface area (Å²) in [4.78, 5) is 12.6. The van der Waals surface area contributed by atoms with E-state index in [1.165, 1.54) is 11.8 Å². The van der Waals surface area contributed by atoms with Gasteiger partial charge in [-0.2, -0.15) is 0 Å². The van der Waals surface area contributed by atoms with Gasteiger partial charge in [-0.05, 0) is 43.0 Å². The molecule has 2 atom stereocenters. The predicted octanol–water partition coefficient (Wildman–Crippen LogP) is 5.37. The maximum absolute atomic E-state index is 12.6. The Balaban J connectivity index is 1.66. The first-order chi connectivity index (χ1) is 13.1. The number of rotatable bonds is 7. The molecule has 0 aliphatic carbocycles. The number of nitrogens with zero attached hydrogens (tertiary/aromatic N) is 2. The van der Waals surface area contributed by atoms with Crippen LogP contribution in [0.5, 0.6) is 0 Å². The highest BCUT2D eigenvalue weighted by Crippen LogP contribution is 2.29. The van der Waals surface area contributed by atoms with Crippen LogP contribution in [0.25, 0.3) is 11.5 Å². The fourth-order valence-corrected chi connectivity index (χ4v) is 3.34. The predicted molar refractivity (Wildman–Crippen MR) is 109 cm³/mol. The highest BCUT2D eigenvalue weighted by atomic mass is 32.2. The molecule has 0 aliphatic rings. The molecule has 0 fully saturated rings. The summed E-state index contributed by atoms with van der Waals surface area (Å²) in [6.07, 6.45) is 1.02. The van der Waals surface area contributed by atoms with Gasteiger partial charge in [0.2, 0.25) is 11.8 Å². The first kappa shape index (κ1) is 19.2. The van der Waals surface area contributed by atoms with E-state index < -0.39 is 0 Å². The lowest BCUT2D eigenvalue weighted by molar-refractivity contribution is -0.115. The summed E-state index contributed by atoms with van der Waals surface area (Å²) >= 11 is 1.25. The first-order valence-electron chi connectivity index (χ1n) is 9.03. The number of benzene rings is 2. The highest BCUT2D eigenvalue weighted by Gasteiger charge is 2.20. The quantitative estimate of drug-likeness (QED) is 0.557. The van der Waals surface area contributed by atoms with E-state index in [1.54, 1.807) is 0 Å². The van der Waals surface area contributed by atoms with Gasteiger partial charge in [-0.3, -0.25) is 4.79 Å². The lowest BCUT2D eigenvalue weighted by Crippen LogP contribution is -2.23. The molecule has 2 aromatic carbocycles. The van der Waals surface area contributed by atoms with Crippen LogP contribution >= 0.6 is 11.8 Å². The summed E-state index contributed by atoms with van der Waals surface area (Å²) in [5, 5.41) is 11.2. The monoisotopic (exact) mass is 381 g/mol. The Hall–Kier alpha value is -2.60. The molecule has 0 radical (unpaired) electrons. The van der Waals surface area contributed by atoms with Gasteiger partial charge in [0.1, 0.15) is 0 Å². The summed E-state index contributed by atoms with van der Waals surface area (Å²) in [7, 11) is 0. The Morgan fingerprint density at radius 3 is 2.52 bits per heavy atom. The van der Waals surface area contributed by atoms with Gasteiger partial charge < -0.3 is 9.73 Å². The number of nitrogens with one attached hydrogen (secondary N) is 1. The zero-order valence-electron chi connectivity index (χ0n) is 15.7. The fraction of sp³-hybridized carbons (Fsp3) is 0.286. The zero-order chi connectivity index (χ0) is 19.2. The van der Waals surface area contributed by atoms with Crippen LogP contribution in [0.4, 0.5) is 5.69 Å². The van der Waals surface area contributed by atoms with Crippen molar-refractivity contribution in [1.82, 2.24) is 10.2 Å². The fourth-order valence-electron chi connectivity index (χ4n) is 2.65. The topological polar surface area (TPSA) is 68.0 Å². The Labute approximate surface area is 163 Å². The van der Waals surface area contributed by atoms with E-state index >= 15 is 0 Å². The molecule has 0 aliphatic heterocycles. The number of thioether (sulfide) groups is 1. The molecule has 1 amide bonds. The van der Waals surface area contributed by atoms with Crippen molar-refractivity contribution in [3.63, 3.8) is 0 Å². The lowest BCUT2D eigenvalue weighted by atomic mass is 9.97. The van der Waals surface area contributed by atoms with Crippen LogP contribution in [0, 0.1) is 0 Å². The third kappa shape index (κ3) is 4.77. The van der Waals surface area contributed by atoms with E-state index in [-0.39, 0.29) is 11.2 Å². The van der Waals surface area contributed by atoms with Crippen molar-refractivity contribution in [2.75, 3.05) is 5.32 Å². The summed E-state index contributed by atoms with van der Waals surface area (Å²) in [6.45, 7) is 6.13. The number of carbonyl (C=O) groups is 1. The van der Waals surface area contributed by atoms with E-state index in [0.717, 1.165) is 23.2 Å². The summed E-state index contributed by atoms with van der Waals surface area (Å²) in [5.74, 6) is 0.747. The van der Waals surface area contributed by atoms with Crippen molar-refractivity contribution in [3.05, 3.63) is 60.2 Å². The van der Waals surface area contributed by atoms with E-state index in [0.29, 0.717) is 17.0 Å². The number of aromatic nitrogens is 2. The summed E-state index contributed by atoms with van der Waals surface area (Å²) in [6, 6.07) is 17.5. The van der Waals surface area contributed by atoms with Gasteiger partial charge in [0.05, 0.1) is 5.25 Å². The minimum Gasteiger partial charge on any atom is -0.411 e. The van der Waals surface area contributed by atoms with Gasteiger partial charge in [-0.25, -0.2) is 0 Å². The molecule has 6 heteroatoms. The number of carbonyl (C=O) groups excluding carboxylic acids is 1. The minimum atomic E-state index is -0.362. The van der Waals surface area contributed by atoms with Crippen LogP contribution < -0.4 is 5.32 Å². The molecule has 1 heterocycles. The third-order valence-corrected chi connectivity index (χ3v) is 5.37. The average Bonchev–Trinajstić information content (AvgIpc) is 3.17. The maximum atomic E-state index is 12.6. The van der Waals surface area contributed by atoms with Gasteiger partial charge >= 0.3 is 0 Å². The summed E-state index contributed by atoms with van der Waals surface area (Å²) in [5.41, 5.74) is 2.87. The molecule has 3 rings (SSSR count). The van der Waals surface area contributed by atoms with E-state index in [1.807, 2.05) is 55.5 Å². The van der Waals surface area contributed by atoms with Crippen LogP contribution in [-0.2, 0) is 4.79 Å². The highest BCUT2D eigenvalue weighted by molar-refractivity contribution is 8.00. The van der Waals surface area contributed by atoms with Gasteiger partial charge in [-0.1, -0.05) is 62.0 Å². The smallest absolute Gasteiger partial charge is 0.277 e. The number of para-hydroxylation sites is 1. The van der Waals surface area contributed by atoms with Crippen molar-refractivity contribution < 1.29 is 9.21 Å². The Morgan fingerprint density at radius 1 is 1.07 bits per heavy atom. The maximum Gasteiger partial charge on any atom is 0.277 e. The number of hydrogen-bond acceptors (Lipinski definition) is 5. The number of anilines is 1. The SMILES string of the molecule is CC[C@@H](C)c1ccccc1NC(=O)[C@@H](C)Sc1nnc(-c2ccccc2)o1. The van der Waals surface area contributed by atoms with Crippen molar-refractivity contribution >= 4 is 23.4 Å². The summed E-state index contributed by atoms with van der Waals surface area (Å²) < 4.78 is 5.68. The molecule has 0 saturated heterocycles. The second-order valence-corrected chi connectivity index (χ2v) is 7.68. The molecule has 0 bridgehead atoms. The number of amides is 1. The lowest BCUT2D eigenvalue weighted by Gasteiger charge is -2.17. The van der Waals surface area contributed by atoms with Crippen LogP contribution in [-0.4, -0.2) is 21.4 Å². The van der Waals surface area contributed by atoms with Crippen LogP contribution in [0.2, 0.25) is 0 Å². The molecule has 1 aromatic heterocycles. The van der Waals surface area contributed by atoms with Crippen LogP contribution in [0.15, 0.2) is 64.2 Å². The van der Waals surface area contributed by atoms with Gasteiger partial charge in [-0.15, -0.1) is 10.2 Å². The second-order valence-electron chi connectivity index (χ2n) is 6.39. The molecular weight excluding hydrogens is 358 g/mol. The molecule has 140 valence electrons. The van der Waals surface area contributed by atoms with Gasteiger partial charge in [0, 0.05) is 11.3 Å². The normalized spacial score (nSPS) is 13.1. The molecule has 5 nitrogen and oxygen atoms in total. The molecule has 0 spiro atoms. The van der Waals surface area contributed by atoms with Crippen molar-refractivity contribution in [3.8, 4) is 11.5 Å². The zero-order valence-corrected chi connectivity index (χ0v) is 16.5. The second kappa shape index (κ2) is 8.86. The van der Waals surface area contributed by atoms with Gasteiger partial charge in [0.15, 0.2) is 0 Å². The van der Waals surface area contributed by atoms with E-state index in [2.05, 4.69) is 35.4 Å².